The Morgan fingerprint density at radius 2 is 2.00 bits per heavy atom. The lowest BCUT2D eigenvalue weighted by Gasteiger charge is -2.38. The van der Waals surface area contributed by atoms with Crippen LogP contribution >= 0.6 is 0 Å². The Bertz CT molecular complexity index is 913. The van der Waals surface area contributed by atoms with Crippen LogP contribution in [0.4, 0.5) is 8.78 Å². The summed E-state index contributed by atoms with van der Waals surface area (Å²) in [6.45, 7) is 5.01. The number of aromatic nitrogens is 1. The summed E-state index contributed by atoms with van der Waals surface area (Å²) < 4.78 is 35.0. The molecule has 1 aromatic carbocycles. The van der Waals surface area contributed by atoms with E-state index < -0.39 is 17.7 Å². The van der Waals surface area contributed by atoms with Gasteiger partial charge in [0, 0.05) is 50.3 Å². The molecule has 0 spiro atoms. The molecule has 3 rings (SSSR count). The van der Waals surface area contributed by atoms with E-state index in [9.17, 15) is 18.4 Å². The van der Waals surface area contributed by atoms with E-state index >= 15 is 0 Å². The molecule has 0 radical (unpaired) electrons. The Morgan fingerprint density at radius 3 is 2.67 bits per heavy atom. The van der Waals surface area contributed by atoms with Gasteiger partial charge in [0.1, 0.15) is 24.3 Å². The molecule has 0 saturated heterocycles. The third kappa shape index (κ3) is 4.70. The summed E-state index contributed by atoms with van der Waals surface area (Å²) in [6.07, 6.45) is 1.87. The zero-order valence-corrected chi connectivity index (χ0v) is 17.5. The molecule has 0 fully saturated rings. The minimum absolute atomic E-state index is 0.112. The molecule has 0 saturated carbocycles. The number of halogens is 2. The van der Waals surface area contributed by atoms with Crippen molar-refractivity contribution in [2.24, 2.45) is 5.92 Å². The fourth-order valence-electron chi connectivity index (χ4n) is 3.87. The molecule has 0 bridgehead atoms. The number of rotatable bonds is 7. The quantitative estimate of drug-likeness (QED) is 0.694. The summed E-state index contributed by atoms with van der Waals surface area (Å²) in [7, 11) is 1.43. The fraction of sp³-hybridized carbons (Fsp3) is 0.455. The molecule has 1 aliphatic rings. The van der Waals surface area contributed by atoms with Gasteiger partial charge >= 0.3 is 0 Å². The number of ether oxygens (including phenoxy) is 1. The number of benzene rings is 1. The maximum Gasteiger partial charge on any atom is 0.249 e. The third-order valence-electron chi connectivity index (χ3n) is 5.15. The van der Waals surface area contributed by atoms with Crippen molar-refractivity contribution in [1.29, 1.82) is 0 Å². The Balaban J connectivity index is 1.92. The van der Waals surface area contributed by atoms with E-state index in [1.807, 2.05) is 36.7 Å². The molecule has 0 unspecified atom stereocenters. The van der Waals surface area contributed by atoms with Crippen LogP contribution in [0.25, 0.3) is 0 Å². The molecule has 1 aliphatic heterocycles. The second kappa shape index (κ2) is 9.38. The van der Waals surface area contributed by atoms with Gasteiger partial charge in [-0.25, -0.2) is 8.78 Å². The molecule has 1 atom stereocenters. The van der Waals surface area contributed by atoms with Crippen molar-refractivity contribution in [3.63, 3.8) is 0 Å². The van der Waals surface area contributed by atoms with Crippen molar-refractivity contribution in [2.45, 2.75) is 26.4 Å². The second-order valence-corrected chi connectivity index (χ2v) is 7.88. The number of hydrogen-bond donors (Lipinski definition) is 0. The SMILES string of the molecule is COCC(=O)N(CC(=O)N1CCn2cccc2[C@@H]1c1ccc(F)cc1F)CC(C)C. The molecular formula is C22H27F2N3O3. The van der Waals surface area contributed by atoms with Gasteiger partial charge in [0.15, 0.2) is 0 Å². The average molecular weight is 419 g/mol. The van der Waals surface area contributed by atoms with Crippen LogP contribution in [0.15, 0.2) is 36.5 Å². The van der Waals surface area contributed by atoms with Crippen LogP contribution in [0, 0.1) is 17.6 Å². The van der Waals surface area contributed by atoms with E-state index in [0.29, 0.717) is 19.6 Å². The monoisotopic (exact) mass is 419 g/mol. The highest BCUT2D eigenvalue weighted by molar-refractivity contribution is 5.86. The minimum Gasteiger partial charge on any atom is -0.375 e. The summed E-state index contributed by atoms with van der Waals surface area (Å²) in [5, 5.41) is 0. The molecule has 2 heterocycles. The van der Waals surface area contributed by atoms with E-state index in [2.05, 4.69) is 0 Å². The maximum absolute atomic E-state index is 14.7. The van der Waals surface area contributed by atoms with Crippen LogP contribution in [-0.4, -0.2) is 59.5 Å². The van der Waals surface area contributed by atoms with Crippen molar-refractivity contribution in [1.82, 2.24) is 14.4 Å². The Labute approximate surface area is 175 Å². The normalized spacial score (nSPS) is 15.9. The number of nitrogens with zero attached hydrogens (tertiary/aromatic N) is 3. The van der Waals surface area contributed by atoms with Crippen molar-refractivity contribution in [3.05, 3.63) is 59.4 Å². The van der Waals surface area contributed by atoms with E-state index in [-0.39, 0.29) is 36.4 Å². The molecule has 2 aromatic rings. The number of methoxy groups -OCH3 is 1. The zero-order chi connectivity index (χ0) is 21.8. The highest BCUT2D eigenvalue weighted by atomic mass is 19.1. The number of hydrogen-bond acceptors (Lipinski definition) is 3. The van der Waals surface area contributed by atoms with Crippen LogP contribution in [0.5, 0.6) is 0 Å². The number of carbonyl (C=O) groups is 2. The summed E-state index contributed by atoms with van der Waals surface area (Å²) in [6, 6.07) is 6.36. The molecule has 6 nitrogen and oxygen atoms in total. The minimum atomic E-state index is -0.707. The van der Waals surface area contributed by atoms with Crippen LogP contribution in [-0.2, 0) is 20.9 Å². The molecular weight excluding hydrogens is 392 g/mol. The van der Waals surface area contributed by atoms with Crippen LogP contribution < -0.4 is 0 Å². The van der Waals surface area contributed by atoms with Gasteiger partial charge in [0.2, 0.25) is 11.8 Å². The summed E-state index contributed by atoms with van der Waals surface area (Å²) in [5.74, 6) is -1.77. The van der Waals surface area contributed by atoms with E-state index in [1.165, 1.54) is 24.1 Å². The predicted octanol–water partition coefficient (Wildman–Crippen LogP) is 2.83. The van der Waals surface area contributed by atoms with E-state index in [1.54, 1.807) is 4.90 Å². The summed E-state index contributed by atoms with van der Waals surface area (Å²) in [4.78, 5) is 28.7. The maximum atomic E-state index is 14.7. The lowest BCUT2D eigenvalue weighted by atomic mass is 9.99. The topological polar surface area (TPSA) is 54.8 Å². The van der Waals surface area contributed by atoms with Gasteiger partial charge < -0.3 is 19.1 Å². The van der Waals surface area contributed by atoms with Crippen molar-refractivity contribution in [3.8, 4) is 0 Å². The molecule has 0 aliphatic carbocycles. The predicted molar refractivity (Wildman–Crippen MR) is 108 cm³/mol. The molecule has 1 aromatic heterocycles. The van der Waals surface area contributed by atoms with Gasteiger partial charge in [-0.05, 0) is 24.1 Å². The fourth-order valence-corrected chi connectivity index (χ4v) is 3.87. The van der Waals surface area contributed by atoms with E-state index in [0.717, 1.165) is 11.8 Å². The van der Waals surface area contributed by atoms with E-state index in [4.69, 9.17) is 4.74 Å². The lowest BCUT2D eigenvalue weighted by Crippen LogP contribution is -2.49. The number of amides is 2. The molecule has 8 heteroatoms. The molecule has 30 heavy (non-hydrogen) atoms. The van der Waals surface area contributed by atoms with Gasteiger partial charge in [-0.3, -0.25) is 9.59 Å². The van der Waals surface area contributed by atoms with Crippen molar-refractivity contribution < 1.29 is 23.1 Å². The molecule has 0 N–H and O–H groups in total. The van der Waals surface area contributed by atoms with Gasteiger partial charge in [-0.15, -0.1) is 0 Å². The Kier molecular flexibility index (Phi) is 6.87. The van der Waals surface area contributed by atoms with Crippen LogP contribution in [0.3, 0.4) is 0 Å². The van der Waals surface area contributed by atoms with Gasteiger partial charge in [-0.2, -0.15) is 0 Å². The van der Waals surface area contributed by atoms with Gasteiger partial charge in [-0.1, -0.05) is 19.9 Å². The van der Waals surface area contributed by atoms with Crippen molar-refractivity contribution in [2.75, 3.05) is 33.4 Å². The average Bonchev–Trinajstić information content (AvgIpc) is 3.15. The lowest BCUT2D eigenvalue weighted by molar-refractivity contribution is -0.144. The van der Waals surface area contributed by atoms with Crippen LogP contribution in [0.1, 0.15) is 31.1 Å². The van der Waals surface area contributed by atoms with Gasteiger partial charge in [0.05, 0.1) is 6.54 Å². The van der Waals surface area contributed by atoms with Crippen LogP contribution in [0.2, 0.25) is 0 Å². The van der Waals surface area contributed by atoms with Gasteiger partial charge in [0.25, 0.3) is 0 Å². The third-order valence-corrected chi connectivity index (χ3v) is 5.15. The second-order valence-electron chi connectivity index (χ2n) is 7.88. The number of fused-ring (bicyclic) bond motifs is 1. The summed E-state index contributed by atoms with van der Waals surface area (Å²) in [5.41, 5.74) is 0.974. The largest absolute Gasteiger partial charge is 0.375 e. The zero-order valence-electron chi connectivity index (χ0n) is 17.5. The Hall–Kier alpha value is -2.74. The highest BCUT2D eigenvalue weighted by Gasteiger charge is 2.35. The first-order chi connectivity index (χ1) is 14.3. The smallest absolute Gasteiger partial charge is 0.249 e. The molecule has 2 amide bonds. The molecule has 162 valence electrons. The first-order valence-electron chi connectivity index (χ1n) is 9.98. The number of carbonyl (C=O) groups excluding carboxylic acids is 2. The van der Waals surface area contributed by atoms with Crippen molar-refractivity contribution >= 4 is 11.8 Å². The highest BCUT2D eigenvalue weighted by Crippen LogP contribution is 2.34. The Morgan fingerprint density at radius 1 is 1.23 bits per heavy atom. The first-order valence-corrected chi connectivity index (χ1v) is 9.98. The standard InChI is InChI=1S/C22H27F2N3O3/c1-15(2)12-26(21(29)14-30-3)13-20(28)27-10-9-25-8-4-5-19(25)22(27)17-7-6-16(23)11-18(17)24/h4-8,11,15,22H,9-10,12-14H2,1-3H3/t22-/m0/s1. The first kappa shape index (κ1) is 22.0. The summed E-state index contributed by atoms with van der Waals surface area (Å²) >= 11 is 0.